The maximum Gasteiger partial charge on any atom is 0.328 e. The van der Waals surface area contributed by atoms with Crippen molar-refractivity contribution in [2.75, 3.05) is 13.2 Å². The number of nitrogens with one attached hydrogen (secondary N) is 3. The van der Waals surface area contributed by atoms with Crippen LogP contribution in [0.1, 0.15) is 105 Å². The summed E-state index contributed by atoms with van der Waals surface area (Å²) in [7, 11) is 0. The third-order valence-electron chi connectivity index (χ3n) is 7.72. The SMILES string of the molecule is CCCCCCCCCCCCOC(=O)[C@@H](CCC(=O)O)NC(=O)[C@H](C)NC(=O)[C@@H](C)O[C@H]1[C@H](O)[C@@H](CO)O[C@@H](O)[C@@H]1NC(C)=O. The van der Waals surface area contributed by atoms with Crippen molar-refractivity contribution in [3.63, 3.8) is 0 Å². The summed E-state index contributed by atoms with van der Waals surface area (Å²) >= 11 is 0. The number of aliphatic hydroxyl groups is 3. The molecule has 15 heteroatoms. The molecule has 1 saturated heterocycles. The molecule has 1 rings (SSSR count). The summed E-state index contributed by atoms with van der Waals surface area (Å²) in [6.07, 6.45) is 3.36. The first-order valence-corrected chi connectivity index (χ1v) is 16.4. The lowest BCUT2D eigenvalue weighted by atomic mass is 9.96. The Morgan fingerprint density at radius 1 is 0.870 bits per heavy atom. The van der Waals surface area contributed by atoms with E-state index in [1.165, 1.54) is 59.3 Å². The monoisotopic (exact) mass is 661 g/mol. The van der Waals surface area contributed by atoms with Gasteiger partial charge in [-0.3, -0.25) is 19.2 Å². The number of unbranched alkanes of at least 4 members (excludes halogenated alkanes) is 9. The van der Waals surface area contributed by atoms with Crippen LogP contribution in [0.15, 0.2) is 0 Å². The quantitative estimate of drug-likeness (QED) is 0.0591. The molecule has 1 heterocycles. The van der Waals surface area contributed by atoms with E-state index in [0.29, 0.717) is 6.42 Å². The van der Waals surface area contributed by atoms with Crippen LogP contribution in [0.4, 0.5) is 0 Å². The van der Waals surface area contributed by atoms with Crippen LogP contribution >= 0.6 is 0 Å². The molecule has 0 spiro atoms. The number of ether oxygens (including phenoxy) is 3. The number of hydrogen-bond donors (Lipinski definition) is 7. The Morgan fingerprint density at radius 2 is 1.46 bits per heavy atom. The zero-order valence-corrected chi connectivity index (χ0v) is 27.6. The summed E-state index contributed by atoms with van der Waals surface area (Å²) in [6, 6.07) is -3.71. The van der Waals surface area contributed by atoms with E-state index in [2.05, 4.69) is 22.9 Å². The molecule has 46 heavy (non-hydrogen) atoms. The first-order chi connectivity index (χ1) is 21.8. The van der Waals surface area contributed by atoms with E-state index in [-0.39, 0.29) is 13.0 Å². The van der Waals surface area contributed by atoms with Crippen molar-refractivity contribution < 1.29 is 58.6 Å². The van der Waals surface area contributed by atoms with Gasteiger partial charge in [0.25, 0.3) is 0 Å². The predicted molar refractivity (Wildman–Crippen MR) is 165 cm³/mol. The lowest BCUT2D eigenvalue weighted by molar-refractivity contribution is -0.266. The molecule has 0 bridgehead atoms. The second-order valence-corrected chi connectivity index (χ2v) is 11.8. The Hall–Kier alpha value is -2.85. The van der Waals surface area contributed by atoms with Gasteiger partial charge in [-0.15, -0.1) is 0 Å². The van der Waals surface area contributed by atoms with Crippen molar-refractivity contribution in [2.45, 2.75) is 154 Å². The average Bonchev–Trinajstić information content (AvgIpc) is 3.00. The minimum absolute atomic E-state index is 0.138. The van der Waals surface area contributed by atoms with E-state index in [4.69, 9.17) is 19.3 Å². The smallest absolute Gasteiger partial charge is 0.328 e. The van der Waals surface area contributed by atoms with Gasteiger partial charge in [0.15, 0.2) is 6.29 Å². The highest BCUT2D eigenvalue weighted by atomic mass is 16.6. The van der Waals surface area contributed by atoms with E-state index < -0.39 is 91.5 Å². The van der Waals surface area contributed by atoms with Crippen LogP contribution in [0, 0.1) is 0 Å². The van der Waals surface area contributed by atoms with Crippen LogP contribution in [0.5, 0.6) is 0 Å². The van der Waals surface area contributed by atoms with Gasteiger partial charge in [-0.25, -0.2) is 4.79 Å². The minimum atomic E-state index is -1.65. The fourth-order valence-corrected chi connectivity index (χ4v) is 5.00. The number of esters is 1. The van der Waals surface area contributed by atoms with Crippen molar-refractivity contribution >= 4 is 29.7 Å². The molecule has 0 aromatic carbocycles. The Kier molecular flexibility index (Phi) is 20.3. The van der Waals surface area contributed by atoms with Crippen molar-refractivity contribution in [3.8, 4) is 0 Å². The fraction of sp³-hybridized carbons (Fsp3) is 0.839. The topological polar surface area (TPSA) is 230 Å². The highest BCUT2D eigenvalue weighted by Gasteiger charge is 2.47. The van der Waals surface area contributed by atoms with Gasteiger partial charge in [-0.2, -0.15) is 0 Å². The lowest BCUT2D eigenvalue weighted by Crippen LogP contribution is -2.65. The maximum atomic E-state index is 12.9. The number of carboxylic acids is 1. The number of carbonyl (C=O) groups is 5. The number of carbonyl (C=O) groups excluding carboxylic acids is 4. The van der Waals surface area contributed by atoms with E-state index in [1.807, 2.05) is 0 Å². The molecule has 0 aliphatic carbocycles. The second-order valence-electron chi connectivity index (χ2n) is 11.8. The van der Waals surface area contributed by atoms with E-state index >= 15 is 0 Å². The largest absolute Gasteiger partial charge is 0.481 e. The van der Waals surface area contributed by atoms with E-state index in [1.54, 1.807) is 0 Å². The Morgan fingerprint density at radius 3 is 2.00 bits per heavy atom. The normalized spacial score (nSPS) is 23.1. The molecule has 266 valence electrons. The number of hydrogen-bond acceptors (Lipinski definition) is 11. The molecule has 7 N–H and O–H groups in total. The third kappa shape index (κ3) is 15.6. The summed E-state index contributed by atoms with van der Waals surface area (Å²) in [6.45, 7) is 5.48. The van der Waals surface area contributed by atoms with Gasteiger partial charge in [0.2, 0.25) is 17.7 Å². The third-order valence-corrected chi connectivity index (χ3v) is 7.72. The standard InChI is InChI=1S/C31H55N3O12/c1-5-6-7-8-9-10-11-12-13-14-17-44-30(42)22(15-16-24(37)38)34-28(40)19(2)32-29(41)20(3)45-27-25(33-21(4)36)31(43)46-23(18-35)26(27)39/h19-20,22-23,25-27,31,35,39,43H,5-18H2,1-4H3,(H,32,41)(H,33,36)(H,34,40)(H,37,38)/t19-,20+,22+,23+,25+,26+,27+,31+/m0/s1. The zero-order chi connectivity index (χ0) is 34.6. The van der Waals surface area contributed by atoms with Gasteiger partial charge in [-0.05, 0) is 26.7 Å². The molecule has 3 amide bonds. The van der Waals surface area contributed by atoms with Gasteiger partial charge in [0.05, 0.1) is 13.2 Å². The highest BCUT2D eigenvalue weighted by molar-refractivity contribution is 5.91. The van der Waals surface area contributed by atoms with Crippen LogP contribution < -0.4 is 16.0 Å². The molecule has 15 nitrogen and oxygen atoms in total. The average molecular weight is 662 g/mol. The van der Waals surface area contributed by atoms with Crippen LogP contribution in [0.25, 0.3) is 0 Å². The number of rotatable bonds is 23. The molecule has 0 saturated carbocycles. The van der Waals surface area contributed by atoms with Crippen molar-refractivity contribution in [2.24, 2.45) is 0 Å². The molecular weight excluding hydrogens is 606 g/mol. The molecule has 1 fully saturated rings. The van der Waals surface area contributed by atoms with Gasteiger partial charge >= 0.3 is 11.9 Å². The van der Waals surface area contributed by atoms with Crippen LogP contribution in [-0.4, -0.2) is 112 Å². The molecule has 0 radical (unpaired) electrons. The zero-order valence-electron chi connectivity index (χ0n) is 27.6. The van der Waals surface area contributed by atoms with Gasteiger partial charge in [0.1, 0.15) is 42.5 Å². The molecule has 0 aromatic rings. The Labute approximate surface area is 271 Å². The molecule has 1 aliphatic rings. The predicted octanol–water partition coefficient (Wildman–Crippen LogP) is 0.654. The fourth-order valence-electron chi connectivity index (χ4n) is 5.00. The van der Waals surface area contributed by atoms with E-state index in [0.717, 1.165) is 19.3 Å². The first kappa shape index (κ1) is 41.2. The maximum absolute atomic E-state index is 12.9. The molecule has 8 atom stereocenters. The summed E-state index contributed by atoms with van der Waals surface area (Å²) < 4.78 is 16.1. The van der Waals surface area contributed by atoms with Gasteiger partial charge in [0, 0.05) is 13.3 Å². The summed E-state index contributed by atoms with van der Waals surface area (Å²) in [5.74, 6) is -4.07. The van der Waals surface area contributed by atoms with Crippen molar-refractivity contribution in [1.82, 2.24) is 16.0 Å². The van der Waals surface area contributed by atoms with Crippen molar-refractivity contribution in [3.05, 3.63) is 0 Å². The van der Waals surface area contributed by atoms with Gasteiger partial charge < -0.3 is 50.6 Å². The summed E-state index contributed by atoms with van der Waals surface area (Å²) in [5.41, 5.74) is 0. The lowest BCUT2D eigenvalue weighted by Gasteiger charge is -2.43. The van der Waals surface area contributed by atoms with Crippen LogP contribution in [0.2, 0.25) is 0 Å². The second kappa shape index (κ2) is 22.6. The molecule has 1 aliphatic heterocycles. The van der Waals surface area contributed by atoms with Gasteiger partial charge in [-0.1, -0.05) is 64.7 Å². The Bertz CT molecular complexity index is 952. The van der Waals surface area contributed by atoms with Crippen LogP contribution in [-0.2, 0) is 38.2 Å². The number of aliphatic carboxylic acids is 1. The minimum Gasteiger partial charge on any atom is -0.481 e. The van der Waals surface area contributed by atoms with Crippen LogP contribution in [0.3, 0.4) is 0 Å². The summed E-state index contributed by atoms with van der Waals surface area (Å²) in [5, 5.41) is 46.7. The van der Waals surface area contributed by atoms with E-state index in [9.17, 15) is 39.3 Å². The molecular formula is C31H55N3O12. The first-order valence-electron chi connectivity index (χ1n) is 16.4. The highest BCUT2D eigenvalue weighted by Crippen LogP contribution is 2.24. The Balaban J connectivity index is 2.63. The number of carboxylic acid groups (broad SMARTS) is 1. The molecule has 0 unspecified atom stereocenters. The number of aliphatic hydroxyl groups excluding tert-OH is 3. The van der Waals surface area contributed by atoms with Crippen molar-refractivity contribution in [1.29, 1.82) is 0 Å². The summed E-state index contributed by atoms with van der Waals surface area (Å²) in [4.78, 5) is 61.2. The molecule has 0 aromatic heterocycles. The number of amides is 3.